The van der Waals surface area contributed by atoms with Gasteiger partial charge < -0.3 is 5.32 Å². The molecule has 0 saturated carbocycles. The molecule has 0 aromatic heterocycles. The molecule has 0 heterocycles. The Morgan fingerprint density at radius 1 is 0.722 bits per heavy atom. The van der Waals surface area contributed by atoms with Gasteiger partial charge in [0.05, 0.1) is 0 Å². The Kier molecular flexibility index (Phi) is 12.0. The zero-order valence-electron chi connectivity index (χ0n) is 13.5. The highest BCUT2D eigenvalue weighted by molar-refractivity contribution is 4.78. The van der Waals surface area contributed by atoms with E-state index < -0.39 is 0 Å². The molecule has 0 aliphatic carbocycles. The third-order valence-corrected chi connectivity index (χ3v) is 4.56. The summed E-state index contributed by atoms with van der Waals surface area (Å²) < 4.78 is 0. The van der Waals surface area contributed by atoms with E-state index in [1.807, 2.05) is 0 Å². The molecule has 1 nitrogen and oxygen atoms in total. The van der Waals surface area contributed by atoms with Gasteiger partial charge in [0.15, 0.2) is 0 Å². The molecule has 0 bridgehead atoms. The third-order valence-electron chi connectivity index (χ3n) is 4.56. The van der Waals surface area contributed by atoms with Crippen molar-refractivity contribution in [1.29, 1.82) is 0 Å². The number of nitrogens with one attached hydrogen (secondary N) is 1. The highest BCUT2D eigenvalue weighted by Crippen LogP contribution is 2.32. The van der Waals surface area contributed by atoms with Crippen molar-refractivity contribution in [3.63, 3.8) is 0 Å². The molecule has 0 unspecified atom stereocenters. The average Bonchev–Trinajstić information content (AvgIpc) is 2.42. The first-order valence-corrected chi connectivity index (χ1v) is 8.45. The summed E-state index contributed by atoms with van der Waals surface area (Å²) in [5.41, 5.74) is 0.569. The van der Waals surface area contributed by atoms with Crippen LogP contribution >= 0.6 is 0 Å². The second kappa shape index (κ2) is 12.0. The summed E-state index contributed by atoms with van der Waals surface area (Å²) in [6, 6.07) is 0. The van der Waals surface area contributed by atoms with Crippen LogP contribution in [-0.2, 0) is 0 Å². The van der Waals surface area contributed by atoms with E-state index in [2.05, 4.69) is 33.0 Å². The van der Waals surface area contributed by atoms with E-state index in [4.69, 9.17) is 0 Å². The molecule has 0 fully saturated rings. The van der Waals surface area contributed by atoms with E-state index in [9.17, 15) is 0 Å². The fourth-order valence-corrected chi connectivity index (χ4v) is 2.79. The lowest BCUT2D eigenvalue weighted by Gasteiger charge is -2.32. The van der Waals surface area contributed by atoms with Crippen LogP contribution in [0, 0.1) is 5.41 Å². The van der Waals surface area contributed by atoms with Crippen LogP contribution in [0.5, 0.6) is 0 Å². The van der Waals surface area contributed by atoms with Crippen LogP contribution in [-0.4, -0.2) is 13.1 Å². The molecule has 1 N–H and O–H groups in total. The second-order valence-corrected chi connectivity index (χ2v) is 5.86. The molecule has 0 aliphatic rings. The minimum atomic E-state index is 0.569. The van der Waals surface area contributed by atoms with Gasteiger partial charge in [-0.15, -0.1) is 0 Å². The van der Waals surface area contributed by atoms with Crippen molar-refractivity contribution in [3.05, 3.63) is 0 Å². The summed E-state index contributed by atoms with van der Waals surface area (Å²) in [6.07, 6.45) is 14.1. The first kappa shape index (κ1) is 18.0. The van der Waals surface area contributed by atoms with Crippen molar-refractivity contribution in [2.45, 2.75) is 91.9 Å². The Hall–Kier alpha value is -0.0400. The van der Waals surface area contributed by atoms with Crippen molar-refractivity contribution >= 4 is 0 Å². The van der Waals surface area contributed by atoms with Gasteiger partial charge in [-0.1, -0.05) is 72.6 Å². The molecule has 0 amide bonds. The molecule has 0 spiro atoms. The Morgan fingerprint density at radius 3 is 1.78 bits per heavy atom. The summed E-state index contributed by atoms with van der Waals surface area (Å²) in [6.45, 7) is 11.6. The summed E-state index contributed by atoms with van der Waals surface area (Å²) in [5.74, 6) is 0. The molecular formula is C17H37N. The van der Waals surface area contributed by atoms with Crippen LogP contribution in [0.15, 0.2) is 0 Å². The van der Waals surface area contributed by atoms with Crippen LogP contribution in [0.3, 0.4) is 0 Å². The van der Waals surface area contributed by atoms with E-state index >= 15 is 0 Å². The minimum absolute atomic E-state index is 0.569. The predicted molar refractivity (Wildman–Crippen MR) is 84.2 cm³/mol. The Labute approximate surface area is 116 Å². The van der Waals surface area contributed by atoms with Gasteiger partial charge in [0.25, 0.3) is 0 Å². The zero-order valence-corrected chi connectivity index (χ0v) is 13.5. The van der Waals surface area contributed by atoms with Gasteiger partial charge in [-0.25, -0.2) is 0 Å². The smallest absolute Gasteiger partial charge is 0.000749 e. The highest BCUT2D eigenvalue weighted by Gasteiger charge is 2.24. The largest absolute Gasteiger partial charge is 0.316 e. The SMILES string of the molecule is CCCCCCCCCC(CC)(CC)CNCC. The van der Waals surface area contributed by atoms with E-state index in [-0.39, 0.29) is 0 Å². The highest BCUT2D eigenvalue weighted by atomic mass is 14.9. The van der Waals surface area contributed by atoms with Gasteiger partial charge >= 0.3 is 0 Å². The molecule has 0 radical (unpaired) electrons. The number of hydrogen-bond donors (Lipinski definition) is 1. The molecule has 0 saturated heterocycles. The number of rotatable bonds is 13. The maximum Gasteiger partial charge on any atom is 0.000749 e. The fourth-order valence-electron chi connectivity index (χ4n) is 2.79. The van der Waals surface area contributed by atoms with Gasteiger partial charge in [0.1, 0.15) is 0 Å². The molecule has 0 aromatic rings. The van der Waals surface area contributed by atoms with Gasteiger partial charge in [-0.3, -0.25) is 0 Å². The van der Waals surface area contributed by atoms with Crippen LogP contribution in [0.1, 0.15) is 91.9 Å². The molecule has 0 rings (SSSR count). The molecular weight excluding hydrogens is 218 g/mol. The van der Waals surface area contributed by atoms with Crippen LogP contribution < -0.4 is 5.32 Å². The zero-order chi connectivity index (χ0) is 13.7. The van der Waals surface area contributed by atoms with Crippen molar-refractivity contribution in [1.82, 2.24) is 5.32 Å². The molecule has 0 aromatic carbocycles. The first-order chi connectivity index (χ1) is 8.74. The maximum atomic E-state index is 3.56. The lowest BCUT2D eigenvalue weighted by molar-refractivity contribution is 0.221. The third kappa shape index (κ3) is 8.13. The minimum Gasteiger partial charge on any atom is -0.316 e. The summed E-state index contributed by atoms with van der Waals surface area (Å²) >= 11 is 0. The summed E-state index contributed by atoms with van der Waals surface area (Å²) in [5, 5.41) is 3.56. The molecule has 1 heteroatoms. The van der Waals surface area contributed by atoms with Gasteiger partial charge in [0, 0.05) is 6.54 Å². The molecule has 110 valence electrons. The summed E-state index contributed by atoms with van der Waals surface area (Å²) in [4.78, 5) is 0. The molecule has 18 heavy (non-hydrogen) atoms. The molecule has 0 atom stereocenters. The Bertz CT molecular complexity index is 161. The lowest BCUT2D eigenvalue weighted by atomic mass is 9.77. The maximum absolute atomic E-state index is 3.56. The van der Waals surface area contributed by atoms with Crippen LogP contribution in [0.2, 0.25) is 0 Å². The second-order valence-electron chi connectivity index (χ2n) is 5.86. The quantitative estimate of drug-likeness (QED) is 0.426. The van der Waals surface area contributed by atoms with Gasteiger partial charge in [-0.2, -0.15) is 0 Å². The Balaban J connectivity index is 3.69. The van der Waals surface area contributed by atoms with Crippen molar-refractivity contribution in [2.75, 3.05) is 13.1 Å². The normalized spacial score (nSPS) is 12.0. The van der Waals surface area contributed by atoms with E-state index in [1.165, 1.54) is 70.8 Å². The van der Waals surface area contributed by atoms with Crippen LogP contribution in [0.4, 0.5) is 0 Å². The van der Waals surface area contributed by atoms with Gasteiger partial charge in [0.2, 0.25) is 0 Å². The predicted octanol–water partition coefficient (Wildman–Crippen LogP) is 5.54. The standard InChI is InChI=1S/C17H37N/c1-5-9-10-11-12-13-14-15-17(6-2,7-3)16-18-8-4/h18H,5-16H2,1-4H3. The number of unbranched alkanes of at least 4 members (excludes halogenated alkanes) is 6. The van der Waals surface area contributed by atoms with Crippen molar-refractivity contribution in [3.8, 4) is 0 Å². The van der Waals surface area contributed by atoms with Gasteiger partial charge in [-0.05, 0) is 31.2 Å². The first-order valence-electron chi connectivity index (χ1n) is 8.45. The van der Waals surface area contributed by atoms with E-state index in [0.717, 1.165) is 6.54 Å². The molecule has 0 aliphatic heterocycles. The monoisotopic (exact) mass is 255 g/mol. The summed E-state index contributed by atoms with van der Waals surface area (Å²) in [7, 11) is 0. The topological polar surface area (TPSA) is 12.0 Å². The van der Waals surface area contributed by atoms with Crippen molar-refractivity contribution in [2.24, 2.45) is 5.41 Å². The lowest BCUT2D eigenvalue weighted by Crippen LogP contribution is -2.33. The average molecular weight is 255 g/mol. The number of hydrogen-bond acceptors (Lipinski definition) is 1. The fraction of sp³-hybridized carbons (Fsp3) is 1.00. The Morgan fingerprint density at radius 2 is 1.28 bits per heavy atom. The van der Waals surface area contributed by atoms with Crippen molar-refractivity contribution < 1.29 is 0 Å². The van der Waals surface area contributed by atoms with E-state index in [0.29, 0.717) is 5.41 Å². The van der Waals surface area contributed by atoms with Crippen LogP contribution in [0.25, 0.3) is 0 Å². The van der Waals surface area contributed by atoms with E-state index in [1.54, 1.807) is 0 Å².